The number of hydrogen-bond donors (Lipinski definition) is 1. The lowest BCUT2D eigenvalue weighted by Gasteiger charge is -2.23. The summed E-state index contributed by atoms with van der Waals surface area (Å²) < 4.78 is 0. The lowest BCUT2D eigenvalue weighted by Crippen LogP contribution is -2.30. The van der Waals surface area contributed by atoms with Crippen molar-refractivity contribution in [3.05, 3.63) is 66.2 Å². The van der Waals surface area contributed by atoms with Crippen LogP contribution >= 0.6 is 0 Å². The molecule has 0 bridgehead atoms. The molecule has 4 nitrogen and oxygen atoms in total. The fourth-order valence-electron chi connectivity index (χ4n) is 3.45. The molecule has 0 saturated carbocycles. The maximum Gasteiger partial charge on any atom is 0.227 e. The van der Waals surface area contributed by atoms with Crippen LogP contribution < -0.4 is 5.32 Å². The number of amides is 2. The Morgan fingerprint density at radius 1 is 1.08 bits per heavy atom. The molecule has 2 aromatic carbocycles. The van der Waals surface area contributed by atoms with Gasteiger partial charge in [-0.15, -0.1) is 0 Å². The van der Waals surface area contributed by atoms with Crippen LogP contribution in [-0.4, -0.2) is 23.3 Å². The van der Waals surface area contributed by atoms with E-state index in [1.54, 1.807) is 0 Å². The maximum atomic E-state index is 12.9. The first-order valence-corrected chi connectivity index (χ1v) is 8.63. The van der Waals surface area contributed by atoms with Crippen molar-refractivity contribution in [3.63, 3.8) is 0 Å². The molecule has 0 unspecified atom stereocenters. The Labute approximate surface area is 148 Å². The zero-order valence-electron chi connectivity index (χ0n) is 14.7. The number of nitrogens with one attached hydrogen (secondary N) is 1. The molecule has 1 heterocycles. The van der Waals surface area contributed by atoms with Crippen molar-refractivity contribution in [2.24, 2.45) is 11.3 Å². The van der Waals surface area contributed by atoms with E-state index in [-0.39, 0.29) is 29.6 Å². The maximum absolute atomic E-state index is 12.9. The number of nitrogens with zero attached hydrogens (tertiary/aromatic N) is 1. The van der Waals surface area contributed by atoms with Gasteiger partial charge in [0, 0.05) is 25.2 Å². The van der Waals surface area contributed by atoms with E-state index in [0.717, 1.165) is 11.3 Å². The molecule has 3 rings (SSSR count). The highest BCUT2D eigenvalue weighted by molar-refractivity contribution is 5.95. The van der Waals surface area contributed by atoms with Crippen molar-refractivity contribution in [1.29, 1.82) is 0 Å². The number of para-hydroxylation sites is 1. The number of carbonyl (C=O) groups excluding carboxylic acids is 2. The van der Waals surface area contributed by atoms with Gasteiger partial charge in [0.25, 0.3) is 0 Å². The molecule has 0 radical (unpaired) electrons. The van der Waals surface area contributed by atoms with Gasteiger partial charge in [-0.25, -0.2) is 0 Å². The second-order valence-electron chi connectivity index (χ2n) is 7.34. The van der Waals surface area contributed by atoms with Gasteiger partial charge in [0.05, 0.1) is 5.92 Å². The van der Waals surface area contributed by atoms with Crippen molar-refractivity contribution in [1.82, 2.24) is 4.90 Å². The summed E-state index contributed by atoms with van der Waals surface area (Å²) in [5.74, 6) is -0.337. The number of rotatable bonds is 5. The smallest absolute Gasteiger partial charge is 0.227 e. The summed E-state index contributed by atoms with van der Waals surface area (Å²) >= 11 is 0. The van der Waals surface area contributed by atoms with Crippen LogP contribution in [0.5, 0.6) is 0 Å². The lowest BCUT2D eigenvalue weighted by molar-refractivity contribution is -0.134. The van der Waals surface area contributed by atoms with Crippen LogP contribution in [0.1, 0.15) is 25.8 Å². The van der Waals surface area contributed by atoms with Crippen molar-refractivity contribution in [3.8, 4) is 0 Å². The van der Waals surface area contributed by atoms with E-state index in [4.69, 9.17) is 0 Å². The fraction of sp³-hybridized carbons (Fsp3) is 0.333. The zero-order valence-corrected chi connectivity index (χ0v) is 14.7. The number of anilines is 1. The molecule has 25 heavy (non-hydrogen) atoms. The van der Waals surface area contributed by atoms with E-state index < -0.39 is 0 Å². The van der Waals surface area contributed by atoms with Crippen LogP contribution in [0.4, 0.5) is 5.69 Å². The molecule has 1 aliphatic heterocycles. The average Bonchev–Trinajstić information content (AvgIpc) is 2.80. The summed E-state index contributed by atoms with van der Waals surface area (Å²) in [5, 5.41) is 2.88. The van der Waals surface area contributed by atoms with Gasteiger partial charge in [-0.3, -0.25) is 9.59 Å². The molecule has 0 aliphatic carbocycles. The predicted molar refractivity (Wildman–Crippen MR) is 98.8 cm³/mol. The first kappa shape index (κ1) is 17.2. The highest BCUT2D eigenvalue weighted by Crippen LogP contribution is 2.39. The Morgan fingerprint density at radius 3 is 2.32 bits per heavy atom. The first-order valence-electron chi connectivity index (χ1n) is 8.63. The summed E-state index contributed by atoms with van der Waals surface area (Å²) in [6, 6.07) is 19.3. The highest BCUT2D eigenvalue weighted by Gasteiger charge is 2.46. The van der Waals surface area contributed by atoms with E-state index in [2.05, 4.69) is 19.2 Å². The Bertz CT molecular complexity index is 741. The van der Waals surface area contributed by atoms with E-state index >= 15 is 0 Å². The van der Waals surface area contributed by atoms with E-state index in [1.165, 1.54) is 0 Å². The van der Waals surface area contributed by atoms with Gasteiger partial charge < -0.3 is 10.2 Å². The van der Waals surface area contributed by atoms with Gasteiger partial charge in [0.2, 0.25) is 11.8 Å². The van der Waals surface area contributed by atoms with Gasteiger partial charge in [0.1, 0.15) is 0 Å². The summed E-state index contributed by atoms with van der Waals surface area (Å²) in [4.78, 5) is 27.1. The van der Waals surface area contributed by atoms with Crippen molar-refractivity contribution >= 4 is 17.5 Å². The van der Waals surface area contributed by atoms with E-state index in [0.29, 0.717) is 13.1 Å². The Balaban J connectivity index is 1.66. The molecule has 2 aromatic rings. The number of likely N-dealkylation sites (tertiary alicyclic amines) is 1. The molecule has 1 N–H and O–H groups in total. The third-order valence-corrected chi connectivity index (χ3v) is 4.81. The minimum absolute atomic E-state index is 0.0667. The fourth-order valence-corrected chi connectivity index (χ4v) is 3.45. The molecule has 1 aliphatic rings. The van der Waals surface area contributed by atoms with Crippen LogP contribution in [0, 0.1) is 11.3 Å². The molecule has 0 spiro atoms. The van der Waals surface area contributed by atoms with Gasteiger partial charge in [-0.1, -0.05) is 62.4 Å². The van der Waals surface area contributed by atoms with Crippen LogP contribution in [-0.2, 0) is 16.1 Å². The molecular formula is C21H24N2O2. The van der Waals surface area contributed by atoms with Gasteiger partial charge in [-0.05, 0) is 23.1 Å². The third kappa shape index (κ3) is 4.08. The van der Waals surface area contributed by atoms with Crippen molar-refractivity contribution < 1.29 is 9.59 Å². The molecule has 2 amide bonds. The van der Waals surface area contributed by atoms with E-state index in [1.807, 2.05) is 65.6 Å². The standard InChI is InChI=1S/C21H24N2O2/c1-21(2)15-23(14-16-9-5-3-6-10-16)20(25)18(21)13-19(24)22-17-11-7-4-8-12-17/h3-12,18H,13-15H2,1-2H3,(H,22,24)/t18-/m1/s1. The SMILES string of the molecule is CC1(C)CN(Cc2ccccc2)C(=O)[C@H]1CC(=O)Nc1ccccc1. The highest BCUT2D eigenvalue weighted by atomic mass is 16.2. The third-order valence-electron chi connectivity index (χ3n) is 4.81. The minimum atomic E-state index is -0.292. The lowest BCUT2D eigenvalue weighted by atomic mass is 9.79. The normalized spacial score (nSPS) is 19.0. The summed E-state index contributed by atoms with van der Waals surface area (Å²) in [6.07, 6.45) is 0.214. The molecule has 130 valence electrons. The molecule has 1 fully saturated rings. The first-order chi connectivity index (χ1) is 12.0. The average molecular weight is 336 g/mol. The molecule has 1 saturated heterocycles. The zero-order chi connectivity index (χ0) is 17.9. The summed E-state index contributed by atoms with van der Waals surface area (Å²) in [5.41, 5.74) is 1.65. The van der Waals surface area contributed by atoms with E-state index in [9.17, 15) is 9.59 Å². The molecule has 4 heteroatoms. The van der Waals surface area contributed by atoms with Gasteiger partial charge in [0.15, 0.2) is 0 Å². The largest absolute Gasteiger partial charge is 0.338 e. The number of hydrogen-bond acceptors (Lipinski definition) is 2. The quantitative estimate of drug-likeness (QED) is 0.905. The van der Waals surface area contributed by atoms with Crippen molar-refractivity contribution in [2.75, 3.05) is 11.9 Å². The summed E-state index contributed by atoms with van der Waals surface area (Å²) in [6.45, 7) is 5.40. The predicted octanol–water partition coefficient (Wildman–Crippen LogP) is 3.70. The van der Waals surface area contributed by atoms with Crippen LogP contribution in [0.3, 0.4) is 0 Å². The van der Waals surface area contributed by atoms with Crippen LogP contribution in [0.25, 0.3) is 0 Å². The Hall–Kier alpha value is -2.62. The molecule has 1 atom stereocenters. The second kappa shape index (κ2) is 7.09. The molecule has 0 aromatic heterocycles. The topological polar surface area (TPSA) is 49.4 Å². The van der Waals surface area contributed by atoms with Crippen LogP contribution in [0.2, 0.25) is 0 Å². The van der Waals surface area contributed by atoms with Gasteiger partial charge in [-0.2, -0.15) is 0 Å². The Kier molecular flexibility index (Phi) is 4.88. The second-order valence-corrected chi connectivity index (χ2v) is 7.34. The summed E-state index contributed by atoms with van der Waals surface area (Å²) in [7, 11) is 0. The Morgan fingerprint density at radius 2 is 1.68 bits per heavy atom. The monoisotopic (exact) mass is 336 g/mol. The van der Waals surface area contributed by atoms with Crippen LogP contribution in [0.15, 0.2) is 60.7 Å². The van der Waals surface area contributed by atoms with Crippen molar-refractivity contribution in [2.45, 2.75) is 26.8 Å². The number of carbonyl (C=O) groups is 2. The number of benzene rings is 2. The molecular weight excluding hydrogens is 312 g/mol. The minimum Gasteiger partial charge on any atom is -0.338 e. The van der Waals surface area contributed by atoms with Gasteiger partial charge >= 0.3 is 0 Å².